The van der Waals surface area contributed by atoms with Gasteiger partial charge in [-0.15, -0.1) is 0 Å². The van der Waals surface area contributed by atoms with Crippen LogP contribution in [0.4, 0.5) is 0 Å². The third-order valence-electron chi connectivity index (χ3n) is 1.93. The van der Waals surface area contributed by atoms with E-state index >= 15 is 0 Å². The number of hydrogen-bond donors (Lipinski definition) is 1. The number of aliphatic hydroxyl groups excluding tert-OH is 1. The highest BCUT2D eigenvalue weighted by atomic mass is 16.5. The lowest BCUT2D eigenvalue weighted by molar-refractivity contribution is 0.0433. The Bertz CT molecular complexity index is 331. The maximum absolute atomic E-state index is 11.4. The molecule has 0 aliphatic heterocycles. The van der Waals surface area contributed by atoms with Crippen LogP contribution in [-0.4, -0.2) is 24.3 Å². The SMILES string of the molecule is Cc1ccc(C(=O)OCCO)c(C)c1. The van der Waals surface area contributed by atoms with Crippen LogP contribution < -0.4 is 0 Å². The Labute approximate surface area is 83.3 Å². The standard InChI is InChI=1S/C11H14O3/c1-8-3-4-10(9(2)7-8)11(13)14-6-5-12/h3-4,7,12H,5-6H2,1-2H3. The predicted octanol–water partition coefficient (Wildman–Crippen LogP) is 1.45. The molecule has 0 atom stereocenters. The quantitative estimate of drug-likeness (QED) is 0.741. The van der Waals surface area contributed by atoms with Gasteiger partial charge in [0.2, 0.25) is 0 Å². The summed E-state index contributed by atoms with van der Waals surface area (Å²) < 4.78 is 4.81. The molecular weight excluding hydrogens is 180 g/mol. The molecule has 0 saturated carbocycles. The molecule has 0 fully saturated rings. The minimum absolute atomic E-state index is 0.0478. The molecule has 3 nitrogen and oxygen atoms in total. The summed E-state index contributed by atoms with van der Waals surface area (Å²) in [5, 5.41) is 8.50. The molecule has 0 radical (unpaired) electrons. The number of benzene rings is 1. The van der Waals surface area contributed by atoms with E-state index in [1.54, 1.807) is 6.07 Å². The molecule has 3 heteroatoms. The summed E-state index contributed by atoms with van der Waals surface area (Å²) in [6.45, 7) is 3.74. The van der Waals surface area contributed by atoms with E-state index in [-0.39, 0.29) is 19.2 Å². The summed E-state index contributed by atoms with van der Waals surface area (Å²) in [6.07, 6.45) is 0. The van der Waals surface area contributed by atoms with Crippen molar-refractivity contribution in [2.24, 2.45) is 0 Å². The lowest BCUT2D eigenvalue weighted by atomic mass is 10.1. The first-order valence-electron chi connectivity index (χ1n) is 4.50. The molecule has 1 rings (SSSR count). The predicted molar refractivity (Wildman–Crippen MR) is 53.3 cm³/mol. The van der Waals surface area contributed by atoms with Crippen LogP contribution in [0.25, 0.3) is 0 Å². The van der Waals surface area contributed by atoms with Crippen LogP contribution in [-0.2, 0) is 4.74 Å². The normalized spacial score (nSPS) is 9.93. The van der Waals surface area contributed by atoms with E-state index in [1.807, 2.05) is 26.0 Å². The maximum atomic E-state index is 11.4. The van der Waals surface area contributed by atoms with Crippen molar-refractivity contribution in [2.45, 2.75) is 13.8 Å². The van der Waals surface area contributed by atoms with E-state index in [9.17, 15) is 4.79 Å². The number of carbonyl (C=O) groups excluding carboxylic acids is 1. The summed E-state index contributed by atoms with van der Waals surface area (Å²) in [5.74, 6) is -0.378. The van der Waals surface area contributed by atoms with Crippen molar-refractivity contribution >= 4 is 5.97 Å². The van der Waals surface area contributed by atoms with Crippen molar-refractivity contribution in [3.63, 3.8) is 0 Å². The van der Waals surface area contributed by atoms with Gasteiger partial charge >= 0.3 is 5.97 Å². The Hall–Kier alpha value is -1.35. The van der Waals surface area contributed by atoms with Crippen LogP contribution in [0.15, 0.2) is 18.2 Å². The Balaban J connectivity index is 2.80. The fourth-order valence-corrected chi connectivity index (χ4v) is 1.26. The highest BCUT2D eigenvalue weighted by Gasteiger charge is 2.09. The summed E-state index contributed by atoms with van der Waals surface area (Å²) in [4.78, 5) is 11.4. The second kappa shape index (κ2) is 4.77. The highest BCUT2D eigenvalue weighted by Crippen LogP contribution is 2.11. The number of esters is 1. The maximum Gasteiger partial charge on any atom is 0.338 e. The minimum atomic E-state index is -0.378. The lowest BCUT2D eigenvalue weighted by Crippen LogP contribution is -2.10. The van der Waals surface area contributed by atoms with Crippen LogP contribution in [0.3, 0.4) is 0 Å². The van der Waals surface area contributed by atoms with Gasteiger partial charge in [0.25, 0.3) is 0 Å². The van der Waals surface area contributed by atoms with E-state index in [4.69, 9.17) is 9.84 Å². The zero-order valence-corrected chi connectivity index (χ0v) is 8.41. The molecule has 0 aromatic heterocycles. The van der Waals surface area contributed by atoms with Gasteiger partial charge in [0.05, 0.1) is 12.2 Å². The molecule has 1 aromatic rings. The van der Waals surface area contributed by atoms with Gasteiger partial charge in [-0.3, -0.25) is 0 Å². The number of rotatable bonds is 3. The van der Waals surface area contributed by atoms with E-state index in [0.29, 0.717) is 5.56 Å². The smallest absolute Gasteiger partial charge is 0.338 e. The van der Waals surface area contributed by atoms with Gasteiger partial charge in [-0.1, -0.05) is 17.7 Å². The van der Waals surface area contributed by atoms with E-state index in [1.165, 1.54) is 0 Å². The average Bonchev–Trinajstić information content (AvgIpc) is 2.14. The average molecular weight is 194 g/mol. The minimum Gasteiger partial charge on any atom is -0.460 e. The fraction of sp³-hybridized carbons (Fsp3) is 0.364. The molecule has 0 saturated heterocycles. The van der Waals surface area contributed by atoms with Crippen molar-refractivity contribution < 1.29 is 14.6 Å². The molecule has 14 heavy (non-hydrogen) atoms. The van der Waals surface area contributed by atoms with Crippen LogP contribution in [0, 0.1) is 13.8 Å². The third kappa shape index (κ3) is 2.57. The van der Waals surface area contributed by atoms with E-state index < -0.39 is 0 Å². The summed E-state index contributed by atoms with van der Waals surface area (Å²) >= 11 is 0. The number of ether oxygens (including phenoxy) is 1. The molecule has 0 unspecified atom stereocenters. The summed E-state index contributed by atoms with van der Waals surface area (Å²) in [7, 11) is 0. The van der Waals surface area contributed by atoms with E-state index in [2.05, 4.69) is 0 Å². The Morgan fingerprint density at radius 2 is 2.14 bits per heavy atom. The van der Waals surface area contributed by atoms with Gasteiger partial charge in [-0.25, -0.2) is 4.79 Å². The van der Waals surface area contributed by atoms with Gasteiger partial charge < -0.3 is 9.84 Å². The molecule has 0 bridgehead atoms. The van der Waals surface area contributed by atoms with Crippen molar-refractivity contribution in [1.82, 2.24) is 0 Å². The van der Waals surface area contributed by atoms with Crippen molar-refractivity contribution in [2.75, 3.05) is 13.2 Å². The first kappa shape index (κ1) is 10.7. The lowest BCUT2D eigenvalue weighted by Gasteiger charge is -2.06. The van der Waals surface area contributed by atoms with Crippen molar-refractivity contribution in [3.05, 3.63) is 34.9 Å². The van der Waals surface area contributed by atoms with Gasteiger partial charge in [0.1, 0.15) is 6.61 Å². The summed E-state index contributed by atoms with van der Waals surface area (Å²) in [6, 6.07) is 5.53. The number of aliphatic hydroxyl groups is 1. The van der Waals surface area contributed by atoms with Gasteiger partial charge in [0, 0.05) is 0 Å². The Morgan fingerprint density at radius 1 is 1.43 bits per heavy atom. The second-order valence-electron chi connectivity index (χ2n) is 3.18. The zero-order valence-electron chi connectivity index (χ0n) is 8.41. The molecule has 76 valence electrons. The molecule has 0 amide bonds. The monoisotopic (exact) mass is 194 g/mol. The summed E-state index contributed by atoms with van der Waals surface area (Å²) in [5.41, 5.74) is 2.57. The third-order valence-corrected chi connectivity index (χ3v) is 1.93. The first-order valence-corrected chi connectivity index (χ1v) is 4.50. The second-order valence-corrected chi connectivity index (χ2v) is 3.18. The molecule has 0 aliphatic carbocycles. The van der Waals surface area contributed by atoms with Crippen molar-refractivity contribution in [3.8, 4) is 0 Å². The van der Waals surface area contributed by atoms with Crippen LogP contribution in [0.1, 0.15) is 21.5 Å². The molecule has 1 N–H and O–H groups in total. The molecule has 0 heterocycles. The van der Waals surface area contributed by atoms with Crippen LogP contribution in [0.5, 0.6) is 0 Å². The zero-order chi connectivity index (χ0) is 10.6. The number of aryl methyl sites for hydroxylation is 2. The Morgan fingerprint density at radius 3 is 2.71 bits per heavy atom. The fourth-order valence-electron chi connectivity index (χ4n) is 1.26. The number of carbonyl (C=O) groups is 1. The van der Waals surface area contributed by atoms with Crippen LogP contribution >= 0.6 is 0 Å². The number of hydrogen-bond acceptors (Lipinski definition) is 3. The van der Waals surface area contributed by atoms with Gasteiger partial charge in [-0.05, 0) is 25.5 Å². The first-order chi connectivity index (χ1) is 6.65. The molecule has 1 aromatic carbocycles. The topological polar surface area (TPSA) is 46.5 Å². The largest absolute Gasteiger partial charge is 0.460 e. The van der Waals surface area contributed by atoms with E-state index in [0.717, 1.165) is 11.1 Å². The molecular formula is C11H14O3. The Kier molecular flexibility index (Phi) is 3.65. The molecule has 0 spiro atoms. The van der Waals surface area contributed by atoms with Gasteiger partial charge in [0.15, 0.2) is 0 Å². The van der Waals surface area contributed by atoms with Crippen LogP contribution in [0.2, 0.25) is 0 Å². The van der Waals surface area contributed by atoms with Crippen molar-refractivity contribution in [1.29, 1.82) is 0 Å². The van der Waals surface area contributed by atoms with Gasteiger partial charge in [-0.2, -0.15) is 0 Å². The highest BCUT2D eigenvalue weighted by molar-refractivity contribution is 5.91. The molecule has 0 aliphatic rings.